The van der Waals surface area contributed by atoms with Gasteiger partial charge in [0, 0.05) is 24.7 Å². The van der Waals surface area contributed by atoms with E-state index < -0.39 is 0 Å². The van der Waals surface area contributed by atoms with Crippen LogP contribution >= 0.6 is 11.6 Å². The first-order valence-corrected chi connectivity index (χ1v) is 10.9. The standard InChI is InChI=1S/C23H20ClN7O2/c1-13(29-22-19-17(25-2)11-26-21(19)27-12-28-22)16-10-14-4-3-5-15(24)18(14)20(30-16)23(32)31-6-8-33-9-7-31/h3-5,10-13H,6-9H2,1H3,(H2,26,27,28,29)/t13-/m0/s1. The number of benzene rings is 1. The Bertz CT molecular complexity index is 1410. The van der Waals surface area contributed by atoms with E-state index in [0.29, 0.717) is 70.6 Å². The van der Waals surface area contributed by atoms with Gasteiger partial charge in [0.2, 0.25) is 5.69 Å². The number of anilines is 1. The number of fused-ring (bicyclic) bond motifs is 2. The van der Waals surface area contributed by atoms with Gasteiger partial charge in [0.15, 0.2) is 0 Å². The van der Waals surface area contributed by atoms with Crippen molar-refractivity contribution in [2.75, 3.05) is 31.6 Å². The Balaban J connectivity index is 1.57. The zero-order valence-corrected chi connectivity index (χ0v) is 18.6. The Hall–Kier alpha value is -3.74. The summed E-state index contributed by atoms with van der Waals surface area (Å²) in [7, 11) is 0. The fraction of sp³-hybridized carbons (Fsp3) is 0.261. The second-order valence-electron chi connectivity index (χ2n) is 7.74. The molecule has 166 valence electrons. The van der Waals surface area contributed by atoms with Crippen molar-refractivity contribution in [2.24, 2.45) is 0 Å². The number of ether oxygens (including phenoxy) is 1. The summed E-state index contributed by atoms with van der Waals surface area (Å²) in [5.41, 5.74) is 1.99. The zero-order valence-electron chi connectivity index (χ0n) is 17.8. The number of carbonyl (C=O) groups is 1. The van der Waals surface area contributed by atoms with E-state index in [1.165, 1.54) is 6.33 Å². The van der Waals surface area contributed by atoms with Crippen LogP contribution in [0, 0.1) is 6.57 Å². The number of H-pyrrole nitrogens is 1. The Morgan fingerprint density at radius 1 is 1.30 bits per heavy atom. The first kappa shape index (κ1) is 21.1. The van der Waals surface area contributed by atoms with E-state index in [4.69, 9.17) is 27.9 Å². The number of aromatic nitrogens is 4. The molecule has 33 heavy (non-hydrogen) atoms. The molecular weight excluding hydrogens is 442 g/mol. The second kappa shape index (κ2) is 8.65. The first-order chi connectivity index (χ1) is 16.1. The van der Waals surface area contributed by atoms with E-state index in [1.54, 1.807) is 17.2 Å². The summed E-state index contributed by atoms with van der Waals surface area (Å²) in [4.78, 5) is 35.0. The van der Waals surface area contributed by atoms with E-state index in [0.717, 1.165) is 5.39 Å². The van der Waals surface area contributed by atoms with E-state index in [9.17, 15) is 4.79 Å². The topological polar surface area (TPSA) is 100 Å². The molecule has 0 radical (unpaired) electrons. The van der Waals surface area contributed by atoms with Crippen LogP contribution in [0.25, 0.3) is 26.7 Å². The molecule has 10 heteroatoms. The minimum absolute atomic E-state index is 0.171. The Kier molecular flexibility index (Phi) is 5.54. The molecule has 2 N–H and O–H groups in total. The summed E-state index contributed by atoms with van der Waals surface area (Å²) < 4.78 is 5.39. The molecule has 1 aliphatic rings. The maximum Gasteiger partial charge on any atom is 0.273 e. The number of nitrogens with zero attached hydrogens (tertiary/aromatic N) is 5. The van der Waals surface area contributed by atoms with Crippen LogP contribution in [0.15, 0.2) is 36.8 Å². The third-order valence-electron chi connectivity index (χ3n) is 5.69. The predicted octanol–water partition coefficient (Wildman–Crippen LogP) is 4.36. The number of hydrogen-bond acceptors (Lipinski definition) is 6. The number of carbonyl (C=O) groups excluding carboxylic acids is 1. The highest BCUT2D eigenvalue weighted by molar-refractivity contribution is 6.36. The lowest BCUT2D eigenvalue weighted by Gasteiger charge is -2.27. The molecule has 0 spiro atoms. The van der Waals surface area contributed by atoms with Crippen LogP contribution in [0.1, 0.15) is 29.1 Å². The zero-order chi connectivity index (χ0) is 22.9. The summed E-state index contributed by atoms with van der Waals surface area (Å²) in [5.74, 6) is 0.351. The number of morpholine rings is 1. The van der Waals surface area contributed by atoms with Gasteiger partial charge in [-0.1, -0.05) is 23.7 Å². The van der Waals surface area contributed by atoms with Crippen LogP contribution in [-0.4, -0.2) is 57.0 Å². The molecule has 0 aliphatic carbocycles. The molecule has 3 aromatic heterocycles. The van der Waals surface area contributed by atoms with Gasteiger partial charge in [-0.05, 0) is 24.4 Å². The summed E-state index contributed by atoms with van der Waals surface area (Å²) in [6.07, 6.45) is 3.04. The lowest BCUT2D eigenvalue weighted by atomic mass is 10.0. The number of nitrogens with one attached hydrogen (secondary N) is 2. The molecule has 5 rings (SSSR count). The molecule has 1 aliphatic heterocycles. The lowest BCUT2D eigenvalue weighted by Crippen LogP contribution is -2.41. The largest absolute Gasteiger partial charge is 0.378 e. The van der Waals surface area contributed by atoms with Crippen molar-refractivity contribution in [3.63, 3.8) is 0 Å². The van der Waals surface area contributed by atoms with Gasteiger partial charge in [-0.25, -0.2) is 19.8 Å². The monoisotopic (exact) mass is 461 g/mol. The number of rotatable bonds is 4. The molecule has 1 aromatic carbocycles. The van der Waals surface area contributed by atoms with Gasteiger partial charge in [-0.2, -0.15) is 0 Å². The predicted molar refractivity (Wildman–Crippen MR) is 126 cm³/mol. The van der Waals surface area contributed by atoms with Crippen molar-refractivity contribution in [1.82, 2.24) is 24.8 Å². The minimum atomic E-state index is -0.309. The highest BCUT2D eigenvalue weighted by atomic mass is 35.5. The molecule has 1 atom stereocenters. The molecule has 4 heterocycles. The molecule has 4 aromatic rings. The summed E-state index contributed by atoms with van der Waals surface area (Å²) in [6, 6.07) is 7.14. The third-order valence-corrected chi connectivity index (χ3v) is 6.01. The van der Waals surface area contributed by atoms with Crippen LogP contribution in [0.5, 0.6) is 0 Å². The minimum Gasteiger partial charge on any atom is -0.378 e. The second-order valence-corrected chi connectivity index (χ2v) is 8.14. The average molecular weight is 462 g/mol. The van der Waals surface area contributed by atoms with Gasteiger partial charge in [-0.3, -0.25) is 4.79 Å². The Morgan fingerprint density at radius 3 is 2.91 bits per heavy atom. The number of halogens is 1. The Morgan fingerprint density at radius 2 is 2.12 bits per heavy atom. The normalized spacial score (nSPS) is 14.9. The molecule has 9 nitrogen and oxygen atoms in total. The molecule has 0 unspecified atom stereocenters. The number of aromatic amines is 1. The summed E-state index contributed by atoms with van der Waals surface area (Å²) >= 11 is 6.49. The lowest BCUT2D eigenvalue weighted by molar-refractivity contribution is 0.0300. The molecule has 1 fully saturated rings. The SMILES string of the molecule is [C-]#[N+]c1c[nH]c2ncnc(N[C@@H](C)c3cc4cccc(Cl)c4c(C(=O)N4CCOCC4)n3)c12. The highest BCUT2D eigenvalue weighted by Gasteiger charge is 2.25. The molecule has 1 saturated heterocycles. The van der Waals surface area contributed by atoms with Crippen molar-refractivity contribution < 1.29 is 9.53 Å². The van der Waals surface area contributed by atoms with E-state index >= 15 is 0 Å². The van der Waals surface area contributed by atoms with Crippen LogP contribution in [-0.2, 0) is 4.74 Å². The molecule has 0 bridgehead atoms. The van der Waals surface area contributed by atoms with Gasteiger partial charge in [0.25, 0.3) is 5.91 Å². The van der Waals surface area contributed by atoms with Gasteiger partial charge in [0.05, 0.1) is 41.9 Å². The molecular formula is C23H20ClN7O2. The maximum atomic E-state index is 13.4. The van der Waals surface area contributed by atoms with Gasteiger partial charge < -0.3 is 19.9 Å². The van der Waals surface area contributed by atoms with Crippen molar-refractivity contribution in [1.29, 1.82) is 0 Å². The van der Waals surface area contributed by atoms with E-state index in [-0.39, 0.29) is 11.9 Å². The van der Waals surface area contributed by atoms with Gasteiger partial charge in [-0.15, -0.1) is 0 Å². The van der Waals surface area contributed by atoms with E-state index in [2.05, 4.69) is 25.1 Å². The van der Waals surface area contributed by atoms with Crippen LogP contribution < -0.4 is 5.32 Å². The number of pyridine rings is 1. The molecule has 0 saturated carbocycles. The van der Waals surface area contributed by atoms with Crippen LogP contribution in [0.4, 0.5) is 11.5 Å². The van der Waals surface area contributed by atoms with Crippen molar-refractivity contribution in [2.45, 2.75) is 13.0 Å². The van der Waals surface area contributed by atoms with Gasteiger partial charge in [0.1, 0.15) is 23.5 Å². The highest BCUT2D eigenvalue weighted by Crippen LogP contribution is 2.33. The number of amides is 1. The smallest absolute Gasteiger partial charge is 0.273 e. The Labute approximate surface area is 194 Å². The number of hydrogen-bond donors (Lipinski definition) is 2. The molecule has 1 amide bonds. The van der Waals surface area contributed by atoms with Crippen LogP contribution in [0.2, 0.25) is 5.02 Å². The van der Waals surface area contributed by atoms with Crippen LogP contribution in [0.3, 0.4) is 0 Å². The summed E-state index contributed by atoms with van der Waals surface area (Å²) in [6.45, 7) is 11.4. The summed E-state index contributed by atoms with van der Waals surface area (Å²) in [5, 5.41) is 5.90. The average Bonchev–Trinajstić information content (AvgIpc) is 3.28. The fourth-order valence-corrected chi connectivity index (χ4v) is 4.27. The van der Waals surface area contributed by atoms with Crippen molar-refractivity contribution in [3.8, 4) is 0 Å². The quantitative estimate of drug-likeness (QED) is 0.438. The van der Waals surface area contributed by atoms with E-state index in [1.807, 2.05) is 25.1 Å². The maximum absolute atomic E-state index is 13.4. The fourth-order valence-electron chi connectivity index (χ4n) is 4.00. The first-order valence-electron chi connectivity index (χ1n) is 10.5. The third kappa shape index (κ3) is 3.84. The van der Waals surface area contributed by atoms with Crippen molar-refractivity contribution in [3.05, 3.63) is 64.6 Å². The van der Waals surface area contributed by atoms with Crippen molar-refractivity contribution >= 4 is 50.8 Å². The van der Waals surface area contributed by atoms with Gasteiger partial charge >= 0.3 is 0 Å².